The quantitative estimate of drug-likeness (QED) is 0.576. The molecule has 0 saturated heterocycles. The zero-order valence-electron chi connectivity index (χ0n) is 9.43. The number of aliphatic hydroxyl groups excluding tert-OH is 1. The Kier molecular flexibility index (Phi) is 5.98. The normalized spacial score (nSPS) is 10.2. The summed E-state index contributed by atoms with van der Waals surface area (Å²) in [5.41, 5.74) is 0.207. The number of pyridine rings is 1. The Hall–Kier alpha value is -1.66. The number of aromatic carboxylic acids is 1. The first-order valence-electron chi connectivity index (χ1n) is 5.36. The van der Waals surface area contributed by atoms with Crippen LogP contribution in [0.3, 0.4) is 0 Å². The van der Waals surface area contributed by atoms with E-state index in [1.807, 2.05) is 0 Å². The highest BCUT2D eigenvalue weighted by molar-refractivity contribution is 5.88. The van der Waals surface area contributed by atoms with Gasteiger partial charge in [0.2, 0.25) is 0 Å². The van der Waals surface area contributed by atoms with Crippen molar-refractivity contribution in [3.05, 3.63) is 23.9 Å². The molecule has 0 fully saturated rings. The summed E-state index contributed by atoms with van der Waals surface area (Å²) in [6, 6.07) is 2.93. The molecular weight excluding hydrogens is 224 g/mol. The summed E-state index contributed by atoms with van der Waals surface area (Å²) in [7, 11) is 0. The monoisotopic (exact) mass is 240 g/mol. The highest BCUT2D eigenvalue weighted by Gasteiger charge is 2.03. The summed E-state index contributed by atoms with van der Waals surface area (Å²) in [6.45, 7) is 1.55. The zero-order chi connectivity index (χ0) is 12.5. The molecule has 1 aromatic heterocycles. The standard InChI is InChI=1S/C11H16N2O4/c14-5-7-17-6-1-3-12-10-8-9(11(15)16)2-4-13-10/h2,4,8,14H,1,3,5-7H2,(H,12,13)(H,15,16). The number of aliphatic hydroxyl groups is 1. The van der Waals surface area contributed by atoms with Gasteiger partial charge in [0.05, 0.1) is 18.8 Å². The van der Waals surface area contributed by atoms with Crippen LogP contribution in [0.2, 0.25) is 0 Å². The van der Waals surface area contributed by atoms with Gasteiger partial charge in [-0.25, -0.2) is 9.78 Å². The van der Waals surface area contributed by atoms with Gasteiger partial charge < -0.3 is 20.3 Å². The molecule has 0 radical (unpaired) electrons. The maximum Gasteiger partial charge on any atom is 0.335 e. The van der Waals surface area contributed by atoms with E-state index in [1.165, 1.54) is 18.3 Å². The summed E-state index contributed by atoms with van der Waals surface area (Å²) in [4.78, 5) is 14.7. The van der Waals surface area contributed by atoms with Gasteiger partial charge in [-0.05, 0) is 18.6 Å². The van der Waals surface area contributed by atoms with Crippen molar-refractivity contribution in [2.45, 2.75) is 6.42 Å². The lowest BCUT2D eigenvalue weighted by Crippen LogP contribution is -2.09. The molecule has 0 unspecified atom stereocenters. The summed E-state index contributed by atoms with van der Waals surface area (Å²) in [5, 5.41) is 20.3. The maximum absolute atomic E-state index is 10.7. The van der Waals surface area contributed by atoms with E-state index < -0.39 is 5.97 Å². The molecule has 1 rings (SSSR count). The van der Waals surface area contributed by atoms with Crippen LogP contribution in [-0.4, -0.2) is 47.5 Å². The minimum atomic E-state index is -0.971. The van der Waals surface area contributed by atoms with Crippen molar-refractivity contribution in [2.24, 2.45) is 0 Å². The topological polar surface area (TPSA) is 91.7 Å². The summed E-state index contributed by atoms with van der Waals surface area (Å²) >= 11 is 0. The number of hydrogen-bond acceptors (Lipinski definition) is 5. The van der Waals surface area contributed by atoms with Crippen LogP contribution in [0.15, 0.2) is 18.3 Å². The van der Waals surface area contributed by atoms with Crippen LogP contribution in [0.4, 0.5) is 5.82 Å². The smallest absolute Gasteiger partial charge is 0.335 e. The van der Waals surface area contributed by atoms with Crippen molar-refractivity contribution < 1.29 is 19.7 Å². The van der Waals surface area contributed by atoms with E-state index in [0.717, 1.165) is 6.42 Å². The van der Waals surface area contributed by atoms with Gasteiger partial charge >= 0.3 is 5.97 Å². The van der Waals surface area contributed by atoms with Crippen LogP contribution >= 0.6 is 0 Å². The van der Waals surface area contributed by atoms with E-state index in [1.54, 1.807) is 0 Å². The lowest BCUT2D eigenvalue weighted by atomic mass is 10.2. The third kappa shape index (κ3) is 5.28. The van der Waals surface area contributed by atoms with Gasteiger partial charge in [-0.15, -0.1) is 0 Å². The maximum atomic E-state index is 10.7. The molecule has 94 valence electrons. The summed E-state index contributed by atoms with van der Waals surface area (Å²) in [6.07, 6.45) is 2.22. The SMILES string of the molecule is O=C(O)c1ccnc(NCCCOCCO)c1. The van der Waals surface area contributed by atoms with Gasteiger partial charge in [0.25, 0.3) is 0 Å². The fourth-order valence-electron chi connectivity index (χ4n) is 1.22. The number of nitrogens with zero attached hydrogens (tertiary/aromatic N) is 1. The number of ether oxygens (including phenoxy) is 1. The number of nitrogens with one attached hydrogen (secondary N) is 1. The second-order valence-electron chi connectivity index (χ2n) is 3.35. The van der Waals surface area contributed by atoms with Crippen LogP contribution < -0.4 is 5.32 Å². The molecule has 0 amide bonds. The molecule has 6 heteroatoms. The van der Waals surface area contributed by atoms with Crippen LogP contribution in [0.25, 0.3) is 0 Å². The Morgan fingerprint density at radius 3 is 3.00 bits per heavy atom. The fraction of sp³-hybridized carbons (Fsp3) is 0.455. The third-order valence-electron chi connectivity index (χ3n) is 2.01. The predicted octanol–water partition coefficient (Wildman–Crippen LogP) is 0.591. The average Bonchev–Trinajstić information content (AvgIpc) is 2.34. The highest BCUT2D eigenvalue weighted by atomic mass is 16.5. The van der Waals surface area contributed by atoms with Crippen molar-refractivity contribution in [1.82, 2.24) is 4.98 Å². The van der Waals surface area contributed by atoms with Crippen LogP contribution in [0.1, 0.15) is 16.8 Å². The number of carboxylic acids is 1. The molecule has 1 aromatic rings. The number of rotatable bonds is 8. The van der Waals surface area contributed by atoms with Crippen LogP contribution in [0, 0.1) is 0 Å². The molecule has 6 nitrogen and oxygen atoms in total. The van der Waals surface area contributed by atoms with Gasteiger partial charge in [-0.1, -0.05) is 0 Å². The number of aromatic nitrogens is 1. The summed E-state index contributed by atoms with van der Waals surface area (Å²) < 4.78 is 5.08. The van der Waals surface area contributed by atoms with Gasteiger partial charge in [-0.2, -0.15) is 0 Å². The number of hydrogen-bond donors (Lipinski definition) is 3. The molecular formula is C11H16N2O4. The highest BCUT2D eigenvalue weighted by Crippen LogP contribution is 2.06. The van der Waals surface area contributed by atoms with Gasteiger partial charge in [0, 0.05) is 19.3 Å². The van der Waals surface area contributed by atoms with Crippen molar-refractivity contribution in [3.63, 3.8) is 0 Å². The third-order valence-corrected chi connectivity index (χ3v) is 2.01. The zero-order valence-corrected chi connectivity index (χ0v) is 9.43. The fourth-order valence-corrected chi connectivity index (χ4v) is 1.22. The minimum absolute atomic E-state index is 0.0235. The van der Waals surface area contributed by atoms with Gasteiger partial charge in [0.15, 0.2) is 0 Å². The van der Waals surface area contributed by atoms with E-state index >= 15 is 0 Å². The first-order valence-corrected chi connectivity index (χ1v) is 5.36. The Bertz CT molecular complexity index is 357. The largest absolute Gasteiger partial charge is 0.478 e. The summed E-state index contributed by atoms with van der Waals surface area (Å²) in [5.74, 6) is -0.436. The van der Waals surface area contributed by atoms with Crippen LogP contribution in [0.5, 0.6) is 0 Å². The predicted molar refractivity (Wildman–Crippen MR) is 62.2 cm³/mol. The Morgan fingerprint density at radius 1 is 1.47 bits per heavy atom. The van der Waals surface area contributed by atoms with Crippen molar-refractivity contribution in [3.8, 4) is 0 Å². The first-order chi connectivity index (χ1) is 8.24. The molecule has 0 atom stereocenters. The molecule has 0 spiro atoms. The van der Waals surface area contributed by atoms with Crippen LogP contribution in [-0.2, 0) is 4.74 Å². The Balaban J connectivity index is 2.27. The average molecular weight is 240 g/mol. The van der Waals surface area contributed by atoms with E-state index in [0.29, 0.717) is 25.6 Å². The van der Waals surface area contributed by atoms with E-state index in [4.69, 9.17) is 14.9 Å². The van der Waals surface area contributed by atoms with E-state index in [2.05, 4.69) is 10.3 Å². The molecule has 0 aliphatic rings. The second kappa shape index (κ2) is 7.59. The molecule has 3 N–H and O–H groups in total. The lowest BCUT2D eigenvalue weighted by Gasteiger charge is -2.06. The Labute approximate surface area is 99.3 Å². The lowest BCUT2D eigenvalue weighted by molar-refractivity contribution is 0.0697. The van der Waals surface area contributed by atoms with E-state index in [9.17, 15) is 4.79 Å². The molecule has 0 aromatic carbocycles. The van der Waals surface area contributed by atoms with Gasteiger partial charge in [0.1, 0.15) is 5.82 Å². The van der Waals surface area contributed by atoms with Crippen molar-refractivity contribution >= 4 is 11.8 Å². The Morgan fingerprint density at radius 2 is 2.29 bits per heavy atom. The molecule has 0 saturated carbocycles. The second-order valence-corrected chi connectivity index (χ2v) is 3.35. The number of carbonyl (C=O) groups is 1. The first kappa shape index (κ1) is 13.4. The molecule has 0 aliphatic heterocycles. The minimum Gasteiger partial charge on any atom is -0.478 e. The molecule has 1 heterocycles. The van der Waals surface area contributed by atoms with Gasteiger partial charge in [-0.3, -0.25) is 0 Å². The molecule has 17 heavy (non-hydrogen) atoms. The number of anilines is 1. The molecule has 0 bridgehead atoms. The van der Waals surface area contributed by atoms with E-state index in [-0.39, 0.29) is 12.2 Å². The number of carboxylic acid groups (broad SMARTS) is 1. The van der Waals surface area contributed by atoms with Crippen molar-refractivity contribution in [1.29, 1.82) is 0 Å². The van der Waals surface area contributed by atoms with Crippen molar-refractivity contribution in [2.75, 3.05) is 31.7 Å². The molecule has 0 aliphatic carbocycles.